The summed E-state index contributed by atoms with van der Waals surface area (Å²) in [6.07, 6.45) is 6.49. The van der Waals surface area contributed by atoms with Crippen LogP contribution >= 0.6 is 0 Å². The molecule has 0 spiro atoms. The zero-order valence-electron chi connectivity index (χ0n) is 32.4. The number of fused-ring (bicyclic) bond motifs is 5. The molecule has 1 aliphatic rings. The smallest absolute Gasteiger partial charge is 0.143 e. The van der Waals surface area contributed by atoms with Crippen molar-refractivity contribution in [3.63, 3.8) is 0 Å². The van der Waals surface area contributed by atoms with Crippen molar-refractivity contribution in [3.8, 4) is 33.4 Å². The zero-order chi connectivity index (χ0) is 38.4. The Morgan fingerprint density at radius 3 is 1.84 bits per heavy atom. The van der Waals surface area contributed by atoms with Crippen molar-refractivity contribution in [1.29, 1.82) is 0 Å². The topological polar surface area (TPSA) is 16.4 Å². The maximum atomic E-state index is 6.47. The molecule has 1 aliphatic carbocycles. The van der Waals surface area contributed by atoms with Gasteiger partial charge in [0.05, 0.1) is 5.69 Å². The molecule has 1 saturated carbocycles. The number of para-hydroxylation sites is 3. The van der Waals surface area contributed by atoms with Crippen molar-refractivity contribution < 1.29 is 4.42 Å². The highest BCUT2D eigenvalue weighted by atomic mass is 16.3. The molecule has 0 saturated heterocycles. The summed E-state index contributed by atoms with van der Waals surface area (Å²) in [6, 6.07) is 71.0. The predicted molar refractivity (Wildman–Crippen MR) is 246 cm³/mol. The summed E-state index contributed by atoms with van der Waals surface area (Å²) in [5.41, 5.74) is 13.8. The lowest BCUT2D eigenvalue weighted by molar-refractivity contribution is 0.445. The van der Waals surface area contributed by atoms with Crippen molar-refractivity contribution in [2.45, 2.75) is 38.0 Å². The van der Waals surface area contributed by atoms with E-state index in [1.807, 2.05) is 6.07 Å². The first-order valence-electron chi connectivity index (χ1n) is 20.8. The van der Waals surface area contributed by atoms with Gasteiger partial charge in [-0.3, -0.25) is 0 Å². The van der Waals surface area contributed by atoms with Crippen LogP contribution in [0.4, 0.5) is 17.1 Å². The molecule has 10 aromatic rings. The maximum absolute atomic E-state index is 6.47. The van der Waals surface area contributed by atoms with E-state index in [0.717, 1.165) is 50.1 Å². The Balaban J connectivity index is 1.06. The standard InChI is InChI=1S/C56H43NO/c1-2-14-40(15-3-1)47-21-10-17-42-18-11-23-51(55(42)47)49-19-6-8-25-53(49)57(45-33-29-39(30-34-45)44-28-27-38-13-4-5-16-43(38)37-44)46-35-31-41(32-36-46)48-22-12-24-52-50-20-7-9-26-54(50)58-56(48)52/h4-13,16-37,40H,1-3,14-15H2. The molecule has 2 heteroatoms. The van der Waals surface area contributed by atoms with Crippen LogP contribution in [0.3, 0.4) is 0 Å². The van der Waals surface area contributed by atoms with Gasteiger partial charge in [0, 0.05) is 33.3 Å². The van der Waals surface area contributed by atoms with E-state index in [0.29, 0.717) is 5.92 Å². The fourth-order valence-electron chi connectivity index (χ4n) is 9.61. The molecule has 1 fully saturated rings. The third-order valence-electron chi connectivity index (χ3n) is 12.5. The van der Waals surface area contributed by atoms with Gasteiger partial charge in [0.2, 0.25) is 0 Å². The van der Waals surface area contributed by atoms with E-state index >= 15 is 0 Å². The molecule has 11 rings (SSSR count). The van der Waals surface area contributed by atoms with Crippen molar-refractivity contribution in [2.24, 2.45) is 0 Å². The van der Waals surface area contributed by atoms with Crippen LogP contribution in [-0.4, -0.2) is 0 Å². The zero-order valence-corrected chi connectivity index (χ0v) is 32.4. The van der Waals surface area contributed by atoms with Crippen LogP contribution in [0.5, 0.6) is 0 Å². The predicted octanol–water partition coefficient (Wildman–Crippen LogP) is 16.4. The summed E-state index contributed by atoms with van der Waals surface area (Å²) in [4.78, 5) is 2.44. The van der Waals surface area contributed by atoms with E-state index < -0.39 is 0 Å². The number of hydrogen-bond acceptors (Lipinski definition) is 2. The van der Waals surface area contributed by atoms with Crippen LogP contribution in [0.15, 0.2) is 199 Å². The highest BCUT2D eigenvalue weighted by Crippen LogP contribution is 2.46. The first-order valence-corrected chi connectivity index (χ1v) is 20.8. The normalized spacial score (nSPS) is 13.4. The second-order valence-corrected chi connectivity index (χ2v) is 15.9. The number of anilines is 3. The molecule has 0 unspecified atom stereocenters. The quantitative estimate of drug-likeness (QED) is 0.162. The monoisotopic (exact) mass is 745 g/mol. The molecule has 0 bridgehead atoms. The van der Waals surface area contributed by atoms with Gasteiger partial charge in [-0.25, -0.2) is 0 Å². The Hall–Kier alpha value is -6.90. The number of hydrogen-bond donors (Lipinski definition) is 0. The van der Waals surface area contributed by atoms with Crippen LogP contribution in [0.25, 0.3) is 76.9 Å². The number of nitrogens with zero attached hydrogens (tertiary/aromatic N) is 1. The van der Waals surface area contributed by atoms with Crippen molar-refractivity contribution in [2.75, 3.05) is 4.90 Å². The number of benzene rings is 9. The molecule has 1 aromatic heterocycles. The minimum atomic E-state index is 0.591. The molecule has 2 nitrogen and oxygen atoms in total. The van der Waals surface area contributed by atoms with Crippen molar-refractivity contribution >= 4 is 60.5 Å². The molecular weight excluding hydrogens is 703 g/mol. The molecule has 0 aliphatic heterocycles. The average Bonchev–Trinajstić information content (AvgIpc) is 3.69. The molecule has 9 aromatic carbocycles. The van der Waals surface area contributed by atoms with Gasteiger partial charge in [0.15, 0.2) is 0 Å². The van der Waals surface area contributed by atoms with Gasteiger partial charge in [-0.15, -0.1) is 0 Å². The van der Waals surface area contributed by atoms with E-state index in [9.17, 15) is 0 Å². The van der Waals surface area contributed by atoms with Crippen molar-refractivity contribution in [1.82, 2.24) is 0 Å². The largest absolute Gasteiger partial charge is 0.455 e. The Bertz CT molecular complexity index is 3090. The molecule has 0 N–H and O–H groups in total. The summed E-state index contributed by atoms with van der Waals surface area (Å²) < 4.78 is 6.47. The van der Waals surface area contributed by atoms with Crippen LogP contribution in [0, 0.1) is 0 Å². The lowest BCUT2D eigenvalue weighted by atomic mass is 9.80. The van der Waals surface area contributed by atoms with E-state index in [4.69, 9.17) is 4.42 Å². The first kappa shape index (κ1) is 34.4. The Morgan fingerprint density at radius 1 is 0.414 bits per heavy atom. The average molecular weight is 746 g/mol. The minimum Gasteiger partial charge on any atom is -0.455 e. The summed E-state index contributed by atoms with van der Waals surface area (Å²) in [5, 5.41) is 7.50. The van der Waals surface area contributed by atoms with E-state index in [-0.39, 0.29) is 0 Å². The molecule has 0 atom stereocenters. The summed E-state index contributed by atoms with van der Waals surface area (Å²) in [6.45, 7) is 0. The van der Waals surface area contributed by atoms with Gasteiger partial charge >= 0.3 is 0 Å². The fourth-order valence-corrected chi connectivity index (χ4v) is 9.61. The fraction of sp³-hybridized carbons (Fsp3) is 0.107. The van der Waals surface area contributed by atoms with E-state index in [1.54, 1.807) is 0 Å². The summed E-state index contributed by atoms with van der Waals surface area (Å²) >= 11 is 0. The Kier molecular flexibility index (Phi) is 8.62. The SMILES string of the molecule is c1ccc(N(c2ccc(-c3ccc4ccccc4c3)cc2)c2ccc(-c3cccc4c3oc3ccccc34)cc2)c(-c2cccc3cccc(C4CCCCC4)c23)c1. The van der Waals surface area contributed by atoms with E-state index in [1.165, 1.54) is 81.5 Å². The molecule has 58 heavy (non-hydrogen) atoms. The van der Waals surface area contributed by atoms with E-state index in [2.05, 4.69) is 193 Å². The second-order valence-electron chi connectivity index (χ2n) is 15.9. The molecule has 0 radical (unpaired) electrons. The highest BCUT2D eigenvalue weighted by Gasteiger charge is 2.23. The van der Waals surface area contributed by atoms with Crippen LogP contribution < -0.4 is 4.90 Å². The van der Waals surface area contributed by atoms with Gasteiger partial charge in [-0.05, 0) is 111 Å². The Morgan fingerprint density at radius 2 is 1.02 bits per heavy atom. The second kappa shape index (κ2) is 14.6. The third kappa shape index (κ3) is 6.04. The molecule has 1 heterocycles. The minimum absolute atomic E-state index is 0.591. The third-order valence-corrected chi connectivity index (χ3v) is 12.5. The van der Waals surface area contributed by atoms with Gasteiger partial charge in [0.25, 0.3) is 0 Å². The summed E-state index contributed by atoms with van der Waals surface area (Å²) in [5.74, 6) is 0.591. The maximum Gasteiger partial charge on any atom is 0.143 e. The highest BCUT2D eigenvalue weighted by molar-refractivity contribution is 6.10. The van der Waals surface area contributed by atoms with Gasteiger partial charge in [-0.1, -0.05) is 171 Å². The molecule has 278 valence electrons. The van der Waals surface area contributed by atoms with Gasteiger partial charge in [-0.2, -0.15) is 0 Å². The number of furan rings is 1. The van der Waals surface area contributed by atoms with Gasteiger partial charge < -0.3 is 9.32 Å². The van der Waals surface area contributed by atoms with Gasteiger partial charge in [0.1, 0.15) is 11.2 Å². The summed E-state index contributed by atoms with van der Waals surface area (Å²) in [7, 11) is 0. The lowest BCUT2D eigenvalue weighted by Gasteiger charge is -2.29. The van der Waals surface area contributed by atoms with Crippen molar-refractivity contribution in [3.05, 3.63) is 200 Å². The molecule has 0 amide bonds. The van der Waals surface area contributed by atoms with Crippen LogP contribution in [-0.2, 0) is 0 Å². The first-order chi connectivity index (χ1) is 28.8. The number of rotatable bonds is 7. The molecular formula is C56H43NO. The Labute approximate surface area is 339 Å². The lowest BCUT2D eigenvalue weighted by Crippen LogP contribution is -2.11. The van der Waals surface area contributed by atoms with Crippen LogP contribution in [0.1, 0.15) is 43.6 Å². The van der Waals surface area contributed by atoms with Crippen LogP contribution in [0.2, 0.25) is 0 Å².